The predicted octanol–water partition coefficient (Wildman–Crippen LogP) is 6.13. The van der Waals surface area contributed by atoms with Crippen molar-refractivity contribution in [3.05, 3.63) is 35.4 Å². The topological polar surface area (TPSA) is 0 Å². The van der Waals surface area contributed by atoms with Crippen molar-refractivity contribution in [2.75, 3.05) is 0 Å². The maximum absolute atomic E-state index is 2.45. The Morgan fingerprint density at radius 1 is 1.00 bits per heavy atom. The van der Waals surface area contributed by atoms with E-state index in [1.165, 1.54) is 31.2 Å². The molecule has 1 aromatic carbocycles. The molecule has 0 bridgehead atoms. The molecule has 1 aromatic rings. The highest BCUT2D eigenvalue weighted by molar-refractivity contribution is 5.28. The van der Waals surface area contributed by atoms with E-state index in [2.05, 4.69) is 58.9 Å². The fraction of sp³-hybridized carbons (Fsp3) is 0.684. The third-order valence-corrected chi connectivity index (χ3v) is 5.00. The standard InChI is InChI=1S/C19H30/c1-14(2)16-7-6-8-17(13-16)15-9-11-18(12-10-15)19(3,4)5/h6-8,13-15,18H,9-12H2,1-5H3. The van der Waals surface area contributed by atoms with Crippen LogP contribution in [0.4, 0.5) is 0 Å². The lowest BCUT2D eigenvalue weighted by Gasteiger charge is -2.37. The third kappa shape index (κ3) is 3.61. The fourth-order valence-corrected chi connectivity index (χ4v) is 3.46. The van der Waals surface area contributed by atoms with Crippen molar-refractivity contribution in [1.29, 1.82) is 0 Å². The molecule has 1 aliphatic rings. The molecule has 0 spiro atoms. The van der Waals surface area contributed by atoms with Gasteiger partial charge < -0.3 is 0 Å². The van der Waals surface area contributed by atoms with Crippen molar-refractivity contribution in [3.63, 3.8) is 0 Å². The number of rotatable bonds is 2. The van der Waals surface area contributed by atoms with Gasteiger partial charge in [-0.15, -0.1) is 0 Å². The van der Waals surface area contributed by atoms with E-state index in [0.717, 1.165) is 11.8 Å². The van der Waals surface area contributed by atoms with Crippen LogP contribution in [0.5, 0.6) is 0 Å². The van der Waals surface area contributed by atoms with Crippen molar-refractivity contribution in [2.24, 2.45) is 11.3 Å². The van der Waals surface area contributed by atoms with E-state index in [4.69, 9.17) is 0 Å². The Kier molecular flexibility index (Phi) is 4.38. The summed E-state index contributed by atoms with van der Waals surface area (Å²) in [6, 6.07) is 9.32. The normalized spacial score (nSPS) is 24.7. The summed E-state index contributed by atoms with van der Waals surface area (Å²) in [5, 5.41) is 0. The molecular weight excluding hydrogens is 228 g/mol. The minimum Gasteiger partial charge on any atom is -0.0617 e. The molecule has 1 fully saturated rings. The molecule has 1 aliphatic carbocycles. The monoisotopic (exact) mass is 258 g/mol. The molecule has 0 amide bonds. The molecule has 0 atom stereocenters. The van der Waals surface area contributed by atoms with E-state index in [0.29, 0.717) is 11.3 Å². The van der Waals surface area contributed by atoms with Crippen LogP contribution in [0.3, 0.4) is 0 Å². The average Bonchev–Trinajstić information content (AvgIpc) is 2.38. The van der Waals surface area contributed by atoms with Crippen LogP contribution < -0.4 is 0 Å². The van der Waals surface area contributed by atoms with Crippen LogP contribution >= 0.6 is 0 Å². The van der Waals surface area contributed by atoms with Crippen molar-refractivity contribution in [1.82, 2.24) is 0 Å². The molecule has 0 nitrogen and oxygen atoms in total. The largest absolute Gasteiger partial charge is 0.0617 e. The van der Waals surface area contributed by atoms with Crippen LogP contribution in [0.2, 0.25) is 0 Å². The Morgan fingerprint density at radius 2 is 1.63 bits per heavy atom. The first-order valence-electron chi connectivity index (χ1n) is 7.98. The summed E-state index contributed by atoms with van der Waals surface area (Å²) in [6.07, 6.45) is 5.56. The van der Waals surface area contributed by atoms with Gasteiger partial charge in [-0.3, -0.25) is 0 Å². The van der Waals surface area contributed by atoms with Crippen LogP contribution in [0, 0.1) is 11.3 Å². The Hall–Kier alpha value is -0.780. The van der Waals surface area contributed by atoms with Crippen LogP contribution in [0.25, 0.3) is 0 Å². The van der Waals surface area contributed by atoms with Gasteiger partial charge in [0.1, 0.15) is 0 Å². The molecule has 106 valence electrons. The Labute approximate surface area is 119 Å². The zero-order chi connectivity index (χ0) is 14.0. The van der Waals surface area contributed by atoms with Gasteiger partial charge in [0.05, 0.1) is 0 Å². The summed E-state index contributed by atoms with van der Waals surface area (Å²) in [5.74, 6) is 2.36. The highest BCUT2D eigenvalue weighted by Gasteiger charge is 2.30. The second-order valence-electron chi connectivity index (χ2n) is 7.74. The molecule has 0 radical (unpaired) electrons. The summed E-state index contributed by atoms with van der Waals surface area (Å²) in [6.45, 7) is 11.8. The summed E-state index contributed by atoms with van der Waals surface area (Å²) in [4.78, 5) is 0. The van der Waals surface area contributed by atoms with Gasteiger partial charge in [0.25, 0.3) is 0 Å². The van der Waals surface area contributed by atoms with Gasteiger partial charge in [-0.1, -0.05) is 58.9 Å². The van der Waals surface area contributed by atoms with E-state index >= 15 is 0 Å². The Morgan fingerprint density at radius 3 is 2.16 bits per heavy atom. The number of hydrogen-bond acceptors (Lipinski definition) is 0. The molecule has 0 heteroatoms. The highest BCUT2D eigenvalue weighted by Crippen LogP contribution is 2.43. The Bertz CT molecular complexity index is 400. The first-order chi connectivity index (χ1) is 8.88. The second kappa shape index (κ2) is 5.69. The van der Waals surface area contributed by atoms with Crippen molar-refractivity contribution in [2.45, 2.75) is 72.1 Å². The summed E-state index contributed by atoms with van der Waals surface area (Å²) >= 11 is 0. The predicted molar refractivity (Wildman–Crippen MR) is 84.7 cm³/mol. The molecule has 1 saturated carbocycles. The fourth-order valence-electron chi connectivity index (χ4n) is 3.46. The molecule has 0 aliphatic heterocycles. The average molecular weight is 258 g/mol. The molecule has 2 rings (SSSR count). The molecular formula is C19H30. The molecule has 19 heavy (non-hydrogen) atoms. The van der Waals surface area contributed by atoms with Gasteiger partial charge in [-0.25, -0.2) is 0 Å². The van der Waals surface area contributed by atoms with Gasteiger partial charge >= 0.3 is 0 Å². The van der Waals surface area contributed by atoms with Gasteiger partial charge in [0.15, 0.2) is 0 Å². The third-order valence-electron chi connectivity index (χ3n) is 5.00. The molecule has 0 saturated heterocycles. The van der Waals surface area contributed by atoms with Crippen LogP contribution in [-0.2, 0) is 0 Å². The van der Waals surface area contributed by atoms with E-state index in [9.17, 15) is 0 Å². The molecule has 0 aromatic heterocycles. The van der Waals surface area contributed by atoms with Crippen molar-refractivity contribution in [3.8, 4) is 0 Å². The Balaban J connectivity index is 2.03. The SMILES string of the molecule is CC(C)c1cccc(C2CCC(C(C)(C)C)CC2)c1. The van der Waals surface area contributed by atoms with E-state index < -0.39 is 0 Å². The zero-order valence-corrected chi connectivity index (χ0v) is 13.4. The van der Waals surface area contributed by atoms with Gasteiger partial charge in [-0.05, 0) is 60.0 Å². The minimum atomic E-state index is 0.491. The minimum absolute atomic E-state index is 0.491. The molecule has 0 unspecified atom stereocenters. The smallest absolute Gasteiger partial charge is 0.0162 e. The van der Waals surface area contributed by atoms with E-state index in [-0.39, 0.29) is 0 Å². The summed E-state index contributed by atoms with van der Waals surface area (Å²) < 4.78 is 0. The highest BCUT2D eigenvalue weighted by atomic mass is 14.3. The van der Waals surface area contributed by atoms with Gasteiger partial charge in [0, 0.05) is 0 Å². The summed E-state index contributed by atoms with van der Waals surface area (Å²) in [7, 11) is 0. The van der Waals surface area contributed by atoms with Crippen LogP contribution in [0.1, 0.15) is 83.3 Å². The van der Waals surface area contributed by atoms with Crippen LogP contribution in [-0.4, -0.2) is 0 Å². The van der Waals surface area contributed by atoms with Crippen molar-refractivity contribution < 1.29 is 0 Å². The summed E-state index contributed by atoms with van der Waals surface area (Å²) in [5.41, 5.74) is 3.57. The quantitative estimate of drug-likeness (QED) is 0.598. The van der Waals surface area contributed by atoms with Crippen LogP contribution in [0.15, 0.2) is 24.3 Å². The van der Waals surface area contributed by atoms with Gasteiger partial charge in [0.2, 0.25) is 0 Å². The lowest BCUT2D eigenvalue weighted by atomic mass is 9.68. The maximum Gasteiger partial charge on any atom is -0.0162 e. The number of hydrogen-bond donors (Lipinski definition) is 0. The molecule has 0 N–H and O–H groups in total. The lowest BCUT2D eigenvalue weighted by molar-refractivity contribution is 0.169. The van der Waals surface area contributed by atoms with E-state index in [1.807, 2.05) is 0 Å². The molecule has 0 heterocycles. The first kappa shape index (κ1) is 14.6. The lowest BCUT2D eigenvalue weighted by Crippen LogP contribution is -2.25. The first-order valence-corrected chi connectivity index (χ1v) is 7.98. The van der Waals surface area contributed by atoms with Crippen molar-refractivity contribution >= 4 is 0 Å². The van der Waals surface area contributed by atoms with E-state index in [1.54, 1.807) is 5.56 Å². The second-order valence-corrected chi connectivity index (χ2v) is 7.74. The number of benzene rings is 1. The maximum atomic E-state index is 2.45. The zero-order valence-electron chi connectivity index (χ0n) is 13.4. The van der Waals surface area contributed by atoms with Gasteiger partial charge in [-0.2, -0.15) is 0 Å².